The van der Waals surface area contributed by atoms with E-state index < -0.39 is 0 Å². The third-order valence-electron chi connectivity index (χ3n) is 2.78. The Morgan fingerprint density at radius 1 is 1.28 bits per heavy atom. The summed E-state index contributed by atoms with van der Waals surface area (Å²) >= 11 is 0. The Labute approximate surface area is 110 Å². The van der Waals surface area contributed by atoms with Gasteiger partial charge in [-0.15, -0.1) is 0 Å². The summed E-state index contributed by atoms with van der Waals surface area (Å²) in [5.74, 6) is 0.897. The van der Waals surface area contributed by atoms with Crippen LogP contribution in [-0.2, 0) is 0 Å². The van der Waals surface area contributed by atoms with Gasteiger partial charge < -0.3 is 10.1 Å². The van der Waals surface area contributed by atoms with Crippen molar-refractivity contribution in [3.8, 4) is 11.8 Å². The number of hydrogen-bond acceptors (Lipinski definition) is 3. The summed E-state index contributed by atoms with van der Waals surface area (Å²) in [6.07, 6.45) is 1.90. The van der Waals surface area contributed by atoms with Gasteiger partial charge in [0, 0.05) is 12.2 Å². The molecule has 3 heteroatoms. The van der Waals surface area contributed by atoms with Gasteiger partial charge >= 0.3 is 0 Å². The fourth-order valence-electron chi connectivity index (χ4n) is 1.65. The van der Waals surface area contributed by atoms with Gasteiger partial charge in [0.25, 0.3) is 0 Å². The number of ether oxygens (including phenoxy) is 1. The molecule has 0 fully saturated rings. The predicted octanol–water partition coefficient (Wildman–Crippen LogP) is 3.83. The number of nitrogens with zero attached hydrogens (tertiary/aromatic N) is 1. The lowest BCUT2D eigenvalue weighted by Gasteiger charge is -2.15. The van der Waals surface area contributed by atoms with Crippen LogP contribution in [0.25, 0.3) is 0 Å². The van der Waals surface area contributed by atoms with Crippen LogP contribution in [0.3, 0.4) is 0 Å². The molecule has 1 aromatic carbocycles. The zero-order chi connectivity index (χ0) is 13.4. The zero-order valence-corrected chi connectivity index (χ0v) is 11.5. The minimum atomic E-state index is -0.222. The Hall–Kier alpha value is -1.69. The van der Waals surface area contributed by atoms with Crippen molar-refractivity contribution in [1.82, 2.24) is 0 Å². The molecule has 1 aromatic rings. The third-order valence-corrected chi connectivity index (χ3v) is 2.78. The van der Waals surface area contributed by atoms with Gasteiger partial charge in [-0.3, -0.25) is 0 Å². The van der Waals surface area contributed by atoms with Gasteiger partial charge in [-0.05, 0) is 57.9 Å². The van der Waals surface area contributed by atoms with E-state index in [1.54, 1.807) is 0 Å². The molecule has 0 saturated heterocycles. The van der Waals surface area contributed by atoms with E-state index >= 15 is 0 Å². The molecule has 0 radical (unpaired) electrons. The van der Waals surface area contributed by atoms with Crippen molar-refractivity contribution in [2.45, 2.75) is 33.6 Å². The maximum absolute atomic E-state index is 8.91. The maximum Gasteiger partial charge on any atom is 0.119 e. The van der Waals surface area contributed by atoms with Gasteiger partial charge in [0.05, 0.1) is 18.1 Å². The molecule has 0 heterocycles. The molecule has 0 aliphatic heterocycles. The van der Waals surface area contributed by atoms with E-state index in [0.29, 0.717) is 6.61 Å². The first-order valence-corrected chi connectivity index (χ1v) is 6.45. The highest BCUT2D eigenvalue weighted by Gasteiger charge is 2.15. The van der Waals surface area contributed by atoms with Crippen molar-refractivity contribution in [1.29, 1.82) is 5.26 Å². The van der Waals surface area contributed by atoms with Crippen molar-refractivity contribution in [3.63, 3.8) is 0 Å². The predicted molar refractivity (Wildman–Crippen MR) is 74.7 cm³/mol. The summed E-state index contributed by atoms with van der Waals surface area (Å²) in [5, 5.41) is 12.3. The van der Waals surface area contributed by atoms with E-state index in [2.05, 4.69) is 11.4 Å². The smallest absolute Gasteiger partial charge is 0.119 e. The van der Waals surface area contributed by atoms with Crippen LogP contribution in [0, 0.1) is 16.7 Å². The highest BCUT2D eigenvalue weighted by Crippen LogP contribution is 2.21. The highest BCUT2D eigenvalue weighted by atomic mass is 16.5. The molecule has 0 aliphatic rings. The number of nitriles is 1. The van der Waals surface area contributed by atoms with Gasteiger partial charge in [-0.2, -0.15) is 5.26 Å². The monoisotopic (exact) mass is 246 g/mol. The molecular weight excluding hydrogens is 224 g/mol. The average molecular weight is 246 g/mol. The van der Waals surface area contributed by atoms with Crippen LogP contribution in [0.4, 0.5) is 5.69 Å². The van der Waals surface area contributed by atoms with E-state index in [9.17, 15) is 0 Å². The topological polar surface area (TPSA) is 45.0 Å². The molecule has 1 rings (SSSR count). The standard InChI is InChI=1S/C15H22N2O/c1-4-18-14-8-6-13(7-9-14)17-11-5-10-15(2,3)12-16/h6-9,17H,4-5,10-11H2,1-3H3. The Morgan fingerprint density at radius 3 is 2.50 bits per heavy atom. The Balaban J connectivity index is 2.30. The van der Waals surface area contributed by atoms with Crippen molar-refractivity contribution in [2.75, 3.05) is 18.5 Å². The molecule has 18 heavy (non-hydrogen) atoms. The van der Waals surface area contributed by atoms with E-state index in [0.717, 1.165) is 30.8 Å². The lowest BCUT2D eigenvalue weighted by molar-refractivity contribution is 0.340. The van der Waals surface area contributed by atoms with Crippen molar-refractivity contribution in [3.05, 3.63) is 24.3 Å². The van der Waals surface area contributed by atoms with Crippen LogP contribution < -0.4 is 10.1 Å². The highest BCUT2D eigenvalue weighted by molar-refractivity contribution is 5.46. The SMILES string of the molecule is CCOc1ccc(NCCCC(C)(C)C#N)cc1. The lowest BCUT2D eigenvalue weighted by Crippen LogP contribution is -2.11. The number of hydrogen-bond donors (Lipinski definition) is 1. The van der Waals surface area contributed by atoms with Gasteiger partial charge in [0.15, 0.2) is 0 Å². The fourth-order valence-corrected chi connectivity index (χ4v) is 1.65. The van der Waals surface area contributed by atoms with Gasteiger partial charge in [0.1, 0.15) is 5.75 Å². The van der Waals surface area contributed by atoms with E-state index in [4.69, 9.17) is 10.00 Å². The summed E-state index contributed by atoms with van der Waals surface area (Å²) in [7, 11) is 0. The first kappa shape index (κ1) is 14.4. The van der Waals surface area contributed by atoms with Gasteiger partial charge in [-0.1, -0.05) is 0 Å². The van der Waals surface area contributed by atoms with Crippen molar-refractivity contribution >= 4 is 5.69 Å². The molecule has 1 N–H and O–H groups in total. The van der Waals surface area contributed by atoms with Crippen LogP contribution in [0.15, 0.2) is 24.3 Å². The quantitative estimate of drug-likeness (QED) is 0.744. The largest absolute Gasteiger partial charge is 0.494 e. The van der Waals surface area contributed by atoms with Gasteiger partial charge in [0.2, 0.25) is 0 Å². The summed E-state index contributed by atoms with van der Waals surface area (Å²) in [5.41, 5.74) is 0.869. The zero-order valence-electron chi connectivity index (χ0n) is 11.5. The summed E-state index contributed by atoms with van der Waals surface area (Å²) < 4.78 is 5.38. The lowest BCUT2D eigenvalue weighted by atomic mass is 9.90. The summed E-state index contributed by atoms with van der Waals surface area (Å²) in [6.45, 7) is 7.51. The Kier molecular flexibility index (Phi) is 5.51. The maximum atomic E-state index is 8.91. The Morgan fingerprint density at radius 2 is 1.94 bits per heavy atom. The second-order valence-electron chi connectivity index (χ2n) is 4.98. The molecule has 0 spiro atoms. The average Bonchev–Trinajstić information content (AvgIpc) is 2.37. The molecule has 0 saturated carbocycles. The van der Waals surface area contributed by atoms with Crippen LogP contribution in [-0.4, -0.2) is 13.2 Å². The van der Waals surface area contributed by atoms with Crippen LogP contribution in [0.1, 0.15) is 33.6 Å². The number of anilines is 1. The van der Waals surface area contributed by atoms with Crippen LogP contribution in [0.2, 0.25) is 0 Å². The molecule has 98 valence electrons. The van der Waals surface area contributed by atoms with Crippen LogP contribution in [0.5, 0.6) is 5.75 Å². The van der Waals surface area contributed by atoms with Crippen molar-refractivity contribution < 1.29 is 4.74 Å². The molecule has 0 bridgehead atoms. The second kappa shape index (κ2) is 6.90. The van der Waals surface area contributed by atoms with E-state index in [1.807, 2.05) is 45.0 Å². The van der Waals surface area contributed by atoms with Crippen molar-refractivity contribution in [2.24, 2.45) is 5.41 Å². The molecule has 0 amide bonds. The molecule has 0 unspecified atom stereocenters. The first-order chi connectivity index (χ1) is 8.57. The van der Waals surface area contributed by atoms with Gasteiger partial charge in [-0.25, -0.2) is 0 Å². The first-order valence-electron chi connectivity index (χ1n) is 6.45. The number of rotatable bonds is 7. The number of nitrogens with one attached hydrogen (secondary N) is 1. The molecular formula is C15H22N2O. The van der Waals surface area contributed by atoms with Crippen LogP contribution >= 0.6 is 0 Å². The third kappa shape index (κ3) is 5.09. The minimum absolute atomic E-state index is 0.222. The summed E-state index contributed by atoms with van der Waals surface area (Å²) in [4.78, 5) is 0. The summed E-state index contributed by atoms with van der Waals surface area (Å²) in [6, 6.07) is 10.3. The molecule has 0 atom stereocenters. The van der Waals surface area contributed by atoms with E-state index in [1.165, 1.54) is 0 Å². The Bertz CT molecular complexity index is 390. The second-order valence-corrected chi connectivity index (χ2v) is 4.98. The molecule has 3 nitrogen and oxygen atoms in total. The normalized spacial score (nSPS) is 10.8. The van der Waals surface area contributed by atoms with E-state index in [-0.39, 0.29) is 5.41 Å². The fraction of sp³-hybridized carbons (Fsp3) is 0.533. The minimum Gasteiger partial charge on any atom is -0.494 e. The molecule has 0 aliphatic carbocycles. The number of benzene rings is 1. The molecule has 0 aromatic heterocycles.